The summed E-state index contributed by atoms with van der Waals surface area (Å²) in [5.74, 6) is -1.25. The van der Waals surface area contributed by atoms with Crippen molar-refractivity contribution in [2.24, 2.45) is 5.41 Å². The summed E-state index contributed by atoms with van der Waals surface area (Å²) < 4.78 is 0. The van der Waals surface area contributed by atoms with Gasteiger partial charge in [0.15, 0.2) is 6.10 Å². The first-order chi connectivity index (χ1) is 10.0. The molecular formula is C15H26N2O4. The molecule has 3 N–H and O–H groups in total. The molecule has 2 rings (SSSR count). The predicted molar refractivity (Wildman–Crippen MR) is 78.0 cm³/mol. The third-order valence-electron chi connectivity index (χ3n) is 5.00. The number of piperidine rings is 1. The molecule has 0 aromatic rings. The first-order valence-electron chi connectivity index (χ1n) is 7.96. The molecule has 0 aromatic carbocycles. The van der Waals surface area contributed by atoms with Gasteiger partial charge in [0.05, 0.1) is 0 Å². The van der Waals surface area contributed by atoms with Crippen LogP contribution in [0.4, 0.5) is 4.79 Å². The molecule has 120 valence electrons. The maximum absolute atomic E-state index is 12.0. The second-order valence-electron chi connectivity index (χ2n) is 6.42. The van der Waals surface area contributed by atoms with Crippen molar-refractivity contribution in [3.63, 3.8) is 0 Å². The van der Waals surface area contributed by atoms with Gasteiger partial charge in [-0.25, -0.2) is 9.59 Å². The van der Waals surface area contributed by atoms with Gasteiger partial charge in [0.2, 0.25) is 0 Å². The van der Waals surface area contributed by atoms with Gasteiger partial charge in [0.25, 0.3) is 0 Å². The van der Waals surface area contributed by atoms with E-state index < -0.39 is 12.1 Å². The highest BCUT2D eigenvalue weighted by Gasteiger charge is 2.36. The second kappa shape index (κ2) is 7.11. The van der Waals surface area contributed by atoms with Gasteiger partial charge in [-0.15, -0.1) is 0 Å². The number of nitrogens with one attached hydrogen (secondary N) is 1. The zero-order valence-corrected chi connectivity index (χ0v) is 12.5. The Morgan fingerprint density at radius 1 is 1.10 bits per heavy atom. The molecule has 0 bridgehead atoms. The van der Waals surface area contributed by atoms with Crippen molar-refractivity contribution in [2.45, 2.75) is 57.5 Å². The third-order valence-corrected chi connectivity index (χ3v) is 5.00. The fourth-order valence-corrected chi connectivity index (χ4v) is 3.54. The zero-order chi connectivity index (χ0) is 15.3. The van der Waals surface area contributed by atoms with Crippen LogP contribution in [0.1, 0.15) is 51.4 Å². The van der Waals surface area contributed by atoms with Crippen molar-refractivity contribution in [3.05, 3.63) is 0 Å². The highest BCUT2D eigenvalue weighted by Crippen LogP contribution is 2.44. The average molecular weight is 298 g/mol. The van der Waals surface area contributed by atoms with Crippen LogP contribution in [0.5, 0.6) is 0 Å². The Morgan fingerprint density at radius 2 is 1.71 bits per heavy atom. The second-order valence-corrected chi connectivity index (χ2v) is 6.42. The Bertz CT molecular complexity index is 370. The molecule has 1 aliphatic heterocycles. The number of carboxylic acid groups (broad SMARTS) is 1. The Hall–Kier alpha value is -1.30. The maximum Gasteiger partial charge on any atom is 0.332 e. The molecule has 2 fully saturated rings. The highest BCUT2D eigenvalue weighted by molar-refractivity contribution is 5.74. The minimum absolute atomic E-state index is 0.0405. The summed E-state index contributed by atoms with van der Waals surface area (Å²) in [6, 6.07) is -0.141. The van der Waals surface area contributed by atoms with Crippen LogP contribution in [0.3, 0.4) is 0 Å². The molecule has 0 radical (unpaired) electrons. The average Bonchev–Trinajstić information content (AvgIpc) is 2.48. The molecule has 1 saturated carbocycles. The van der Waals surface area contributed by atoms with Crippen molar-refractivity contribution in [1.82, 2.24) is 10.2 Å². The summed E-state index contributed by atoms with van der Waals surface area (Å²) in [6.07, 6.45) is 7.38. The number of carbonyl (C=O) groups is 2. The molecule has 6 nitrogen and oxygen atoms in total. The molecule has 0 aromatic heterocycles. The highest BCUT2D eigenvalue weighted by atomic mass is 16.4. The lowest BCUT2D eigenvalue weighted by atomic mass is 9.68. The van der Waals surface area contributed by atoms with E-state index >= 15 is 0 Å². The number of likely N-dealkylation sites (tertiary alicyclic amines) is 1. The lowest BCUT2D eigenvalue weighted by molar-refractivity contribution is -0.146. The van der Waals surface area contributed by atoms with Crippen LogP contribution in [0.2, 0.25) is 0 Å². The number of hydrogen-bond donors (Lipinski definition) is 3. The lowest BCUT2D eigenvalue weighted by Crippen LogP contribution is -2.48. The number of hydrogen-bond acceptors (Lipinski definition) is 3. The van der Waals surface area contributed by atoms with E-state index in [0.717, 1.165) is 25.9 Å². The van der Waals surface area contributed by atoms with Gasteiger partial charge in [0.1, 0.15) is 0 Å². The molecule has 1 unspecified atom stereocenters. The van der Waals surface area contributed by atoms with E-state index in [0.29, 0.717) is 5.41 Å². The molecule has 2 amide bonds. The van der Waals surface area contributed by atoms with Crippen molar-refractivity contribution in [2.75, 3.05) is 19.6 Å². The van der Waals surface area contributed by atoms with Crippen molar-refractivity contribution < 1.29 is 19.8 Å². The molecular weight excluding hydrogens is 272 g/mol. The molecule has 1 aliphatic carbocycles. The summed E-state index contributed by atoms with van der Waals surface area (Å²) in [6.45, 7) is 1.76. The Kier molecular flexibility index (Phi) is 5.45. The number of carboxylic acids is 1. The first-order valence-corrected chi connectivity index (χ1v) is 7.96. The Labute approximate surface area is 125 Å². The molecule has 1 saturated heterocycles. The lowest BCUT2D eigenvalue weighted by Gasteiger charge is -2.44. The first kappa shape index (κ1) is 16.1. The number of aliphatic carboxylic acids is 1. The minimum Gasteiger partial charge on any atom is -0.479 e. The van der Waals surface area contributed by atoms with Crippen LogP contribution in [0.25, 0.3) is 0 Å². The number of aliphatic hydroxyl groups excluding tert-OH is 1. The summed E-state index contributed by atoms with van der Waals surface area (Å²) in [4.78, 5) is 24.3. The van der Waals surface area contributed by atoms with Gasteiger partial charge >= 0.3 is 12.0 Å². The standard InChI is InChI=1S/C15H26N2O4/c18-12(13(19)20)4-9-16-14(21)17-10-7-15(8-11-17)5-2-1-3-6-15/h12,18H,1-11H2,(H,16,21)(H,19,20). The van der Waals surface area contributed by atoms with Crippen molar-refractivity contribution in [3.8, 4) is 0 Å². The van der Waals surface area contributed by atoms with Crippen LogP contribution >= 0.6 is 0 Å². The number of carbonyl (C=O) groups excluding carboxylic acids is 1. The topological polar surface area (TPSA) is 89.9 Å². The fourth-order valence-electron chi connectivity index (χ4n) is 3.54. The van der Waals surface area contributed by atoms with Crippen LogP contribution in [0, 0.1) is 5.41 Å². The monoisotopic (exact) mass is 298 g/mol. The molecule has 1 spiro atoms. The van der Waals surface area contributed by atoms with Gasteiger partial charge in [-0.3, -0.25) is 0 Å². The van der Waals surface area contributed by atoms with E-state index in [9.17, 15) is 9.59 Å². The molecule has 2 aliphatic rings. The van der Waals surface area contributed by atoms with E-state index in [1.807, 2.05) is 4.90 Å². The maximum atomic E-state index is 12.0. The Balaban J connectivity index is 1.69. The number of amides is 2. The summed E-state index contributed by atoms with van der Waals surface area (Å²) >= 11 is 0. The molecule has 1 atom stereocenters. The Morgan fingerprint density at radius 3 is 2.29 bits per heavy atom. The number of nitrogens with zero attached hydrogens (tertiary/aromatic N) is 1. The summed E-state index contributed by atoms with van der Waals surface area (Å²) in [7, 11) is 0. The van der Waals surface area contributed by atoms with Gasteiger partial charge in [0, 0.05) is 26.1 Å². The molecule has 21 heavy (non-hydrogen) atoms. The normalized spacial score (nSPS) is 22.8. The van der Waals surface area contributed by atoms with Crippen LogP contribution < -0.4 is 5.32 Å². The van der Waals surface area contributed by atoms with Crippen LogP contribution in [-0.2, 0) is 4.79 Å². The number of aliphatic hydroxyl groups is 1. The van der Waals surface area contributed by atoms with Gasteiger partial charge in [-0.05, 0) is 31.1 Å². The quantitative estimate of drug-likeness (QED) is 0.735. The van der Waals surface area contributed by atoms with Crippen LogP contribution in [0.15, 0.2) is 0 Å². The number of urea groups is 1. The van der Waals surface area contributed by atoms with E-state index in [2.05, 4.69) is 5.32 Å². The minimum atomic E-state index is -1.41. The SMILES string of the molecule is O=C(O)C(O)CCNC(=O)N1CCC2(CCCCC2)CC1. The number of rotatable bonds is 4. The van der Waals surface area contributed by atoms with E-state index in [1.54, 1.807) is 0 Å². The zero-order valence-electron chi connectivity index (χ0n) is 12.5. The van der Waals surface area contributed by atoms with Crippen molar-refractivity contribution in [1.29, 1.82) is 0 Å². The van der Waals surface area contributed by atoms with Gasteiger partial charge in [-0.1, -0.05) is 19.3 Å². The fraction of sp³-hybridized carbons (Fsp3) is 0.867. The van der Waals surface area contributed by atoms with Gasteiger partial charge in [-0.2, -0.15) is 0 Å². The van der Waals surface area contributed by atoms with E-state index in [1.165, 1.54) is 32.1 Å². The predicted octanol–water partition coefficient (Wildman–Crippen LogP) is 1.58. The van der Waals surface area contributed by atoms with E-state index in [4.69, 9.17) is 10.2 Å². The largest absolute Gasteiger partial charge is 0.479 e. The van der Waals surface area contributed by atoms with Crippen LogP contribution in [-0.4, -0.2) is 52.9 Å². The summed E-state index contributed by atoms with van der Waals surface area (Å²) in [5, 5.41) is 20.4. The molecule has 6 heteroatoms. The smallest absolute Gasteiger partial charge is 0.332 e. The van der Waals surface area contributed by atoms with E-state index in [-0.39, 0.29) is 19.0 Å². The molecule has 1 heterocycles. The van der Waals surface area contributed by atoms with Gasteiger partial charge < -0.3 is 20.4 Å². The third kappa shape index (κ3) is 4.33. The van der Waals surface area contributed by atoms with Crippen molar-refractivity contribution >= 4 is 12.0 Å². The summed E-state index contributed by atoms with van der Waals surface area (Å²) in [5.41, 5.74) is 0.467.